The van der Waals surface area contributed by atoms with Gasteiger partial charge < -0.3 is 15.4 Å². The van der Waals surface area contributed by atoms with Crippen molar-refractivity contribution in [2.45, 2.75) is 19.8 Å². The second-order valence-corrected chi connectivity index (χ2v) is 4.77. The summed E-state index contributed by atoms with van der Waals surface area (Å²) in [5.41, 5.74) is 6.85. The molecule has 100 valence electrons. The zero-order valence-corrected chi connectivity index (χ0v) is 12.0. The Labute approximate surface area is 115 Å². The normalized spacial score (nSPS) is 10.6. The molecule has 0 atom stereocenters. The van der Waals surface area contributed by atoms with Gasteiger partial charge in [0.2, 0.25) is 0 Å². The molecule has 0 radical (unpaired) electrons. The predicted molar refractivity (Wildman–Crippen MR) is 80.2 cm³/mol. The Morgan fingerprint density at radius 3 is 2.44 bits per heavy atom. The van der Waals surface area contributed by atoms with E-state index in [1.54, 1.807) is 7.11 Å². The molecule has 3 nitrogen and oxygen atoms in total. The van der Waals surface area contributed by atoms with E-state index in [0.29, 0.717) is 4.99 Å². The van der Waals surface area contributed by atoms with E-state index in [1.165, 1.54) is 5.56 Å². The minimum atomic E-state index is 0.595. The van der Waals surface area contributed by atoms with Crippen molar-refractivity contribution >= 4 is 17.2 Å². The van der Waals surface area contributed by atoms with Gasteiger partial charge in [0.15, 0.2) is 0 Å². The van der Waals surface area contributed by atoms with Crippen LogP contribution in [0.1, 0.15) is 18.9 Å². The van der Waals surface area contributed by atoms with E-state index in [2.05, 4.69) is 24.0 Å². The van der Waals surface area contributed by atoms with E-state index in [1.807, 2.05) is 12.1 Å². The first kappa shape index (κ1) is 14.9. The van der Waals surface area contributed by atoms with Gasteiger partial charge in [0.05, 0.1) is 12.1 Å². The summed E-state index contributed by atoms with van der Waals surface area (Å²) in [5, 5.41) is 0. The summed E-state index contributed by atoms with van der Waals surface area (Å²) < 4.78 is 5.14. The first-order valence-corrected chi connectivity index (χ1v) is 6.70. The van der Waals surface area contributed by atoms with Gasteiger partial charge in [-0.05, 0) is 30.7 Å². The molecule has 0 saturated carbocycles. The van der Waals surface area contributed by atoms with Gasteiger partial charge in [0, 0.05) is 19.5 Å². The van der Waals surface area contributed by atoms with Gasteiger partial charge >= 0.3 is 0 Å². The van der Waals surface area contributed by atoms with Crippen LogP contribution in [0.2, 0.25) is 0 Å². The average Bonchev–Trinajstić information content (AvgIpc) is 2.39. The second-order valence-electron chi connectivity index (χ2n) is 4.25. The van der Waals surface area contributed by atoms with Crippen molar-refractivity contribution in [3.63, 3.8) is 0 Å². The van der Waals surface area contributed by atoms with Crippen LogP contribution in [0.4, 0.5) is 0 Å². The maximum atomic E-state index is 5.53. The topological polar surface area (TPSA) is 38.5 Å². The number of ether oxygens (including phenoxy) is 1. The van der Waals surface area contributed by atoms with Crippen LogP contribution in [0.15, 0.2) is 24.3 Å². The summed E-state index contributed by atoms with van der Waals surface area (Å²) in [6, 6.07) is 8.22. The Bertz CT molecular complexity index is 365. The number of likely N-dealkylation sites (N-methyl/N-ethyl adjacent to an activating group) is 1. The molecule has 18 heavy (non-hydrogen) atoms. The Morgan fingerprint density at radius 1 is 1.28 bits per heavy atom. The molecular weight excluding hydrogens is 244 g/mol. The Morgan fingerprint density at radius 2 is 1.94 bits per heavy atom. The first-order chi connectivity index (χ1) is 8.65. The van der Waals surface area contributed by atoms with Gasteiger partial charge in [-0.3, -0.25) is 0 Å². The molecule has 1 rings (SSSR count). The van der Waals surface area contributed by atoms with Gasteiger partial charge in [0.25, 0.3) is 0 Å². The van der Waals surface area contributed by atoms with E-state index >= 15 is 0 Å². The molecule has 0 amide bonds. The highest BCUT2D eigenvalue weighted by molar-refractivity contribution is 7.80. The molecule has 0 heterocycles. The molecule has 0 aliphatic carbocycles. The largest absolute Gasteiger partial charge is 0.497 e. The van der Waals surface area contributed by atoms with Crippen molar-refractivity contribution in [1.82, 2.24) is 4.90 Å². The summed E-state index contributed by atoms with van der Waals surface area (Å²) >= 11 is 4.90. The van der Waals surface area contributed by atoms with Crippen LogP contribution in [0.5, 0.6) is 5.75 Å². The molecule has 0 aliphatic rings. The third kappa shape index (κ3) is 5.47. The van der Waals surface area contributed by atoms with Crippen LogP contribution >= 0.6 is 12.2 Å². The lowest BCUT2D eigenvalue weighted by molar-refractivity contribution is 0.300. The van der Waals surface area contributed by atoms with Crippen molar-refractivity contribution in [2.75, 3.05) is 26.7 Å². The monoisotopic (exact) mass is 266 g/mol. The van der Waals surface area contributed by atoms with Crippen LogP contribution in [-0.4, -0.2) is 36.6 Å². The molecule has 0 aromatic heterocycles. The maximum Gasteiger partial charge on any atom is 0.118 e. The van der Waals surface area contributed by atoms with Crippen LogP contribution in [-0.2, 0) is 6.42 Å². The Kier molecular flexibility index (Phi) is 6.68. The molecule has 2 N–H and O–H groups in total. The smallest absolute Gasteiger partial charge is 0.118 e. The molecule has 0 fully saturated rings. The minimum absolute atomic E-state index is 0.595. The number of hydrogen-bond donors (Lipinski definition) is 1. The fourth-order valence-corrected chi connectivity index (χ4v) is 1.87. The quantitative estimate of drug-likeness (QED) is 0.732. The van der Waals surface area contributed by atoms with Crippen molar-refractivity contribution in [3.05, 3.63) is 29.8 Å². The van der Waals surface area contributed by atoms with E-state index in [-0.39, 0.29) is 0 Å². The van der Waals surface area contributed by atoms with Crippen LogP contribution in [0.3, 0.4) is 0 Å². The lowest BCUT2D eigenvalue weighted by Crippen LogP contribution is -2.29. The number of nitrogens with two attached hydrogens (primary N) is 1. The van der Waals surface area contributed by atoms with E-state index in [9.17, 15) is 0 Å². The zero-order valence-electron chi connectivity index (χ0n) is 11.2. The second kappa shape index (κ2) is 8.06. The zero-order chi connectivity index (χ0) is 13.4. The number of nitrogens with zero attached hydrogens (tertiary/aromatic N) is 1. The SMILES string of the molecule is CCN(CCC(N)=S)CCc1ccc(OC)cc1. The van der Waals surface area contributed by atoms with Crippen LogP contribution in [0.25, 0.3) is 0 Å². The van der Waals surface area contributed by atoms with Gasteiger partial charge in [-0.1, -0.05) is 31.3 Å². The molecule has 0 aliphatic heterocycles. The van der Waals surface area contributed by atoms with Crippen molar-refractivity contribution < 1.29 is 4.74 Å². The van der Waals surface area contributed by atoms with Gasteiger partial charge in [0.1, 0.15) is 5.75 Å². The Hall–Kier alpha value is -1.13. The number of rotatable bonds is 8. The first-order valence-electron chi connectivity index (χ1n) is 6.29. The van der Waals surface area contributed by atoms with Crippen molar-refractivity contribution in [2.24, 2.45) is 5.73 Å². The Balaban J connectivity index is 2.38. The summed E-state index contributed by atoms with van der Waals surface area (Å²) in [6.45, 7) is 5.17. The molecule has 1 aromatic rings. The summed E-state index contributed by atoms with van der Waals surface area (Å²) in [6.07, 6.45) is 1.83. The fourth-order valence-electron chi connectivity index (χ4n) is 1.78. The molecule has 0 bridgehead atoms. The summed E-state index contributed by atoms with van der Waals surface area (Å²) in [4.78, 5) is 2.96. The minimum Gasteiger partial charge on any atom is -0.497 e. The highest BCUT2D eigenvalue weighted by Gasteiger charge is 2.03. The molecule has 1 aromatic carbocycles. The molecule has 0 saturated heterocycles. The summed E-state index contributed by atoms with van der Waals surface area (Å²) in [7, 11) is 1.68. The van der Waals surface area contributed by atoms with Gasteiger partial charge in [-0.25, -0.2) is 0 Å². The highest BCUT2D eigenvalue weighted by atomic mass is 32.1. The number of methoxy groups -OCH3 is 1. The molecule has 0 spiro atoms. The third-order valence-electron chi connectivity index (χ3n) is 3.00. The lowest BCUT2D eigenvalue weighted by Gasteiger charge is -2.19. The highest BCUT2D eigenvalue weighted by Crippen LogP contribution is 2.12. The number of thiocarbonyl (C=S) groups is 1. The number of benzene rings is 1. The van der Waals surface area contributed by atoms with E-state index < -0.39 is 0 Å². The third-order valence-corrected chi connectivity index (χ3v) is 3.20. The van der Waals surface area contributed by atoms with E-state index in [0.717, 1.165) is 38.2 Å². The van der Waals surface area contributed by atoms with Crippen molar-refractivity contribution in [1.29, 1.82) is 0 Å². The fraction of sp³-hybridized carbons (Fsp3) is 0.500. The van der Waals surface area contributed by atoms with Gasteiger partial charge in [-0.2, -0.15) is 0 Å². The lowest BCUT2D eigenvalue weighted by atomic mass is 10.1. The number of hydrogen-bond acceptors (Lipinski definition) is 3. The van der Waals surface area contributed by atoms with Crippen molar-refractivity contribution in [3.8, 4) is 5.75 Å². The van der Waals surface area contributed by atoms with E-state index in [4.69, 9.17) is 22.7 Å². The standard InChI is InChI=1S/C14H22N2OS/c1-3-16(11-9-14(15)18)10-8-12-4-6-13(17-2)7-5-12/h4-7H,3,8-11H2,1-2H3,(H2,15,18). The molecule has 0 unspecified atom stereocenters. The predicted octanol–water partition coefficient (Wildman–Crippen LogP) is 2.24. The van der Waals surface area contributed by atoms with Gasteiger partial charge in [-0.15, -0.1) is 0 Å². The molecule has 4 heteroatoms. The van der Waals surface area contributed by atoms with Crippen LogP contribution < -0.4 is 10.5 Å². The molecular formula is C14H22N2OS. The maximum absolute atomic E-state index is 5.53. The van der Waals surface area contributed by atoms with Crippen LogP contribution in [0, 0.1) is 0 Å². The summed E-state index contributed by atoms with van der Waals surface area (Å²) in [5.74, 6) is 0.902. The average molecular weight is 266 g/mol.